The molecule has 8 heteroatoms. The number of hydrogen-bond acceptors (Lipinski definition) is 5. The van der Waals surface area contributed by atoms with E-state index in [1.165, 1.54) is 6.07 Å². The van der Waals surface area contributed by atoms with Crippen LogP contribution >= 0.6 is 0 Å². The molecular formula is C23H24FN3O4. The monoisotopic (exact) mass is 425 g/mol. The number of rotatable bonds is 6. The van der Waals surface area contributed by atoms with Crippen LogP contribution in [0.4, 0.5) is 10.2 Å². The van der Waals surface area contributed by atoms with Crippen LogP contribution in [0.15, 0.2) is 51.4 Å². The van der Waals surface area contributed by atoms with Gasteiger partial charge in [-0.2, -0.15) is 0 Å². The van der Waals surface area contributed by atoms with Crippen LogP contribution < -0.4 is 5.32 Å². The number of amides is 2. The van der Waals surface area contributed by atoms with Crippen molar-refractivity contribution >= 4 is 17.6 Å². The van der Waals surface area contributed by atoms with Crippen LogP contribution in [0.3, 0.4) is 0 Å². The molecule has 1 N–H and O–H groups in total. The fourth-order valence-electron chi connectivity index (χ4n) is 3.75. The molecule has 3 heterocycles. The summed E-state index contributed by atoms with van der Waals surface area (Å²) in [5.74, 6) is 1.56. The van der Waals surface area contributed by atoms with Crippen molar-refractivity contribution in [1.29, 1.82) is 0 Å². The molecule has 0 saturated carbocycles. The molecule has 7 nitrogen and oxygen atoms in total. The van der Waals surface area contributed by atoms with Gasteiger partial charge in [-0.15, -0.1) is 0 Å². The molecule has 0 spiro atoms. The summed E-state index contributed by atoms with van der Waals surface area (Å²) in [6, 6.07) is 11.6. The Labute approximate surface area is 179 Å². The van der Waals surface area contributed by atoms with Crippen molar-refractivity contribution in [3.8, 4) is 11.3 Å². The zero-order chi connectivity index (χ0) is 21.8. The Morgan fingerprint density at radius 1 is 1.19 bits per heavy atom. The van der Waals surface area contributed by atoms with Gasteiger partial charge in [0.2, 0.25) is 11.8 Å². The molecule has 0 atom stereocenters. The fourth-order valence-corrected chi connectivity index (χ4v) is 3.75. The molecule has 4 rings (SSSR count). The van der Waals surface area contributed by atoms with E-state index in [2.05, 4.69) is 10.5 Å². The molecule has 0 aliphatic carbocycles. The number of carbonyl (C=O) groups excluding carboxylic acids is 2. The lowest BCUT2D eigenvalue weighted by Crippen LogP contribution is -2.41. The van der Waals surface area contributed by atoms with Gasteiger partial charge in [0.15, 0.2) is 5.82 Å². The molecule has 0 radical (unpaired) electrons. The van der Waals surface area contributed by atoms with Gasteiger partial charge in [-0.05, 0) is 44.0 Å². The second kappa shape index (κ2) is 9.16. The van der Waals surface area contributed by atoms with Crippen molar-refractivity contribution in [2.45, 2.75) is 32.6 Å². The van der Waals surface area contributed by atoms with Crippen LogP contribution in [0.2, 0.25) is 0 Å². The third-order valence-electron chi connectivity index (χ3n) is 5.48. The minimum Gasteiger partial charge on any atom is -0.461 e. The van der Waals surface area contributed by atoms with Gasteiger partial charge in [-0.1, -0.05) is 17.3 Å². The first-order valence-corrected chi connectivity index (χ1v) is 10.3. The van der Waals surface area contributed by atoms with E-state index in [9.17, 15) is 14.0 Å². The lowest BCUT2D eigenvalue weighted by Gasteiger charge is -2.31. The normalized spacial score (nSPS) is 14.6. The average molecular weight is 425 g/mol. The third-order valence-corrected chi connectivity index (χ3v) is 5.48. The smallest absolute Gasteiger partial charge is 0.228 e. The molecule has 1 fully saturated rings. The fraction of sp³-hybridized carbons (Fsp3) is 0.348. The van der Waals surface area contributed by atoms with Crippen molar-refractivity contribution in [2.75, 3.05) is 18.4 Å². The summed E-state index contributed by atoms with van der Waals surface area (Å²) in [7, 11) is 0. The van der Waals surface area contributed by atoms with E-state index < -0.39 is 0 Å². The van der Waals surface area contributed by atoms with Crippen LogP contribution in [0.1, 0.15) is 30.8 Å². The largest absolute Gasteiger partial charge is 0.461 e. The minimum atomic E-state index is -0.343. The van der Waals surface area contributed by atoms with Crippen molar-refractivity contribution in [3.05, 3.63) is 59.8 Å². The Hall–Kier alpha value is -3.42. The summed E-state index contributed by atoms with van der Waals surface area (Å²) < 4.78 is 24.6. The Morgan fingerprint density at radius 3 is 2.68 bits per heavy atom. The molecule has 162 valence electrons. The number of furan rings is 1. The number of halogens is 1. The molecule has 1 aliphatic rings. The molecule has 1 aromatic carbocycles. The number of carbonyl (C=O) groups is 2. The number of nitrogens with one attached hydrogen (secondary N) is 1. The highest BCUT2D eigenvalue weighted by Crippen LogP contribution is 2.26. The number of nitrogens with zero attached hydrogens (tertiary/aromatic N) is 2. The summed E-state index contributed by atoms with van der Waals surface area (Å²) >= 11 is 0. The van der Waals surface area contributed by atoms with E-state index >= 15 is 0 Å². The lowest BCUT2D eigenvalue weighted by atomic mass is 9.95. The summed E-state index contributed by atoms with van der Waals surface area (Å²) in [5, 5.41) is 6.53. The van der Waals surface area contributed by atoms with Crippen molar-refractivity contribution < 1.29 is 22.9 Å². The number of benzene rings is 1. The third kappa shape index (κ3) is 5.02. The number of anilines is 1. The summed E-state index contributed by atoms with van der Waals surface area (Å²) in [6.07, 6.45) is 1.96. The molecule has 0 bridgehead atoms. The van der Waals surface area contributed by atoms with Gasteiger partial charge < -0.3 is 19.2 Å². The topological polar surface area (TPSA) is 88.6 Å². The Morgan fingerprint density at radius 2 is 1.97 bits per heavy atom. The minimum absolute atomic E-state index is 0.0230. The highest BCUT2D eigenvalue weighted by molar-refractivity contribution is 5.91. The maximum Gasteiger partial charge on any atom is 0.228 e. The van der Waals surface area contributed by atoms with Crippen LogP contribution in [0, 0.1) is 18.7 Å². The predicted octanol–water partition coefficient (Wildman–Crippen LogP) is 4.19. The second-order valence-electron chi connectivity index (χ2n) is 7.71. The highest BCUT2D eigenvalue weighted by atomic mass is 19.1. The zero-order valence-corrected chi connectivity index (χ0v) is 17.3. The van der Waals surface area contributed by atoms with Gasteiger partial charge in [-0.25, -0.2) is 4.39 Å². The molecule has 1 saturated heterocycles. The van der Waals surface area contributed by atoms with Crippen LogP contribution in [-0.4, -0.2) is 35.0 Å². The van der Waals surface area contributed by atoms with Gasteiger partial charge in [-0.3, -0.25) is 9.59 Å². The quantitative estimate of drug-likeness (QED) is 0.640. The van der Waals surface area contributed by atoms with Crippen LogP contribution in [0.25, 0.3) is 11.3 Å². The van der Waals surface area contributed by atoms with Crippen LogP contribution in [0.5, 0.6) is 0 Å². The van der Waals surface area contributed by atoms with Gasteiger partial charge in [0.05, 0.1) is 5.56 Å². The van der Waals surface area contributed by atoms with Crippen molar-refractivity contribution in [3.63, 3.8) is 0 Å². The number of likely N-dealkylation sites (tertiary alicyclic amines) is 1. The SMILES string of the molecule is Cc1cc(NC(=O)C2CCN(C(=O)CCc3ccc(-c4ccccc4F)o3)CC2)no1. The van der Waals surface area contributed by atoms with E-state index in [-0.39, 0.29) is 23.5 Å². The van der Waals surface area contributed by atoms with Crippen molar-refractivity contribution in [1.82, 2.24) is 10.1 Å². The number of hydrogen-bond donors (Lipinski definition) is 1. The van der Waals surface area contributed by atoms with Gasteiger partial charge >= 0.3 is 0 Å². The van der Waals surface area contributed by atoms with Gasteiger partial charge in [0.25, 0.3) is 0 Å². The highest BCUT2D eigenvalue weighted by Gasteiger charge is 2.27. The summed E-state index contributed by atoms with van der Waals surface area (Å²) in [5.41, 5.74) is 0.404. The van der Waals surface area contributed by atoms with Gasteiger partial charge in [0, 0.05) is 37.9 Å². The maximum absolute atomic E-state index is 13.9. The summed E-state index contributed by atoms with van der Waals surface area (Å²) in [6.45, 7) is 2.83. The number of aryl methyl sites for hydroxylation is 2. The number of aromatic nitrogens is 1. The molecule has 3 aromatic rings. The van der Waals surface area contributed by atoms with E-state index in [1.807, 2.05) is 0 Å². The maximum atomic E-state index is 13.9. The Bertz CT molecular complexity index is 1070. The number of piperidine rings is 1. The predicted molar refractivity (Wildman–Crippen MR) is 112 cm³/mol. The molecule has 2 amide bonds. The van der Waals surface area contributed by atoms with Gasteiger partial charge in [0.1, 0.15) is 23.1 Å². The Kier molecular flexibility index (Phi) is 6.16. The molecule has 0 unspecified atom stereocenters. The lowest BCUT2D eigenvalue weighted by molar-refractivity contribution is -0.134. The molecule has 1 aliphatic heterocycles. The first-order valence-electron chi connectivity index (χ1n) is 10.3. The average Bonchev–Trinajstić information content (AvgIpc) is 3.41. The first-order chi connectivity index (χ1) is 15.0. The second-order valence-corrected chi connectivity index (χ2v) is 7.71. The van der Waals surface area contributed by atoms with E-state index in [0.29, 0.717) is 67.4 Å². The van der Waals surface area contributed by atoms with Crippen LogP contribution in [-0.2, 0) is 16.0 Å². The van der Waals surface area contributed by atoms with E-state index in [0.717, 1.165) is 0 Å². The van der Waals surface area contributed by atoms with E-state index in [1.54, 1.807) is 48.2 Å². The standard InChI is InChI=1S/C23H24FN3O4/c1-15-14-21(26-31-15)25-23(29)16-10-12-27(13-11-16)22(28)9-7-17-6-8-20(30-17)18-4-2-3-5-19(18)24/h2-6,8,14,16H,7,9-13H2,1H3,(H,25,26,29). The summed E-state index contributed by atoms with van der Waals surface area (Å²) in [4.78, 5) is 26.7. The first kappa shape index (κ1) is 20.8. The van der Waals surface area contributed by atoms with Crippen molar-refractivity contribution in [2.24, 2.45) is 5.92 Å². The molecular weight excluding hydrogens is 401 g/mol. The molecule has 31 heavy (non-hydrogen) atoms. The Balaban J connectivity index is 1.24. The zero-order valence-electron chi connectivity index (χ0n) is 17.3. The molecule has 2 aromatic heterocycles. The van der Waals surface area contributed by atoms with E-state index in [4.69, 9.17) is 8.94 Å².